The van der Waals surface area contributed by atoms with Crippen LogP contribution in [0.4, 0.5) is 5.13 Å². The molecule has 5 rings (SSSR count). The number of aromatic nitrogens is 1. The lowest BCUT2D eigenvalue weighted by molar-refractivity contribution is -0.123. The van der Waals surface area contributed by atoms with Crippen molar-refractivity contribution in [3.63, 3.8) is 0 Å². The highest BCUT2D eigenvalue weighted by Crippen LogP contribution is 2.35. The van der Waals surface area contributed by atoms with E-state index in [4.69, 9.17) is 21.3 Å². The number of sulfonamides is 1. The molecule has 37 heavy (non-hydrogen) atoms. The molecule has 2 aliphatic heterocycles. The first-order chi connectivity index (χ1) is 17.8. The van der Waals surface area contributed by atoms with E-state index in [-0.39, 0.29) is 12.5 Å². The van der Waals surface area contributed by atoms with Crippen LogP contribution >= 0.6 is 34.3 Å². The number of aryl methyl sites for hydroxylation is 1. The third kappa shape index (κ3) is 5.88. The molecule has 1 atom stereocenters. The summed E-state index contributed by atoms with van der Waals surface area (Å²) in [5.74, 6) is -0.473. The topological polar surface area (TPSA) is 83.0 Å². The number of fused-ring (bicyclic) bond motifs is 1. The van der Waals surface area contributed by atoms with Crippen LogP contribution in [-0.4, -0.2) is 81.0 Å². The summed E-state index contributed by atoms with van der Waals surface area (Å²) in [5, 5.41) is 3.05. The third-order valence-corrected chi connectivity index (χ3v) is 11.7. The van der Waals surface area contributed by atoms with Gasteiger partial charge in [0.1, 0.15) is 4.21 Å². The summed E-state index contributed by atoms with van der Waals surface area (Å²) >= 11 is 9.03. The number of carbonyl (C=O) groups is 1. The van der Waals surface area contributed by atoms with Crippen LogP contribution in [0.2, 0.25) is 5.02 Å². The van der Waals surface area contributed by atoms with Crippen LogP contribution in [0.3, 0.4) is 0 Å². The number of amides is 1. The van der Waals surface area contributed by atoms with E-state index in [9.17, 15) is 13.2 Å². The van der Waals surface area contributed by atoms with Gasteiger partial charge in [0.15, 0.2) is 5.13 Å². The summed E-state index contributed by atoms with van der Waals surface area (Å²) in [6.07, 6.45) is 2.10. The maximum Gasteiger partial charge on any atom is 0.252 e. The number of hydrogen-bond acceptors (Lipinski definition) is 8. The summed E-state index contributed by atoms with van der Waals surface area (Å²) < 4.78 is 34.6. The first-order valence-corrected chi connectivity index (χ1v) is 16.1. The molecule has 8 nitrogen and oxygen atoms in total. The summed E-state index contributed by atoms with van der Waals surface area (Å²) in [6.45, 7) is 7.20. The molecular weight excluding hydrogens is 552 g/mol. The number of carbonyl (C=O) groups excluding carboxylic acids is 1. The van der Waals surface area contributed by atoms with Gasteiger partial charge in [-0.2, -0.15) is 4.31 Å². The monoisotopic (exact) mass is 582 g/mol. The van der Waals surface area contributed by atoms with E-state index in [1.165, 1.54) is 27.0 Å². The molecule has 1 unspecified atom stereocenters. The maximum absolute atomic E-state index is 14.0. The first kappa shape index (κ1) is 27.0. The second kappa shape index (κ2) is 11.6. The smallest absolute Gasteiger partial charge is 0.252 e. The van der Waals surface area contributed by atoms with E-state index in [0.29, 0.717) is 40.3 Å². The standard InChI is InChI=1S/C25H31ClN4O4S3/c1-18-20(26)7-8-21-23(18)27-25(36-21)30(11-4-9-28-12-14-34-15-13-28)24(31)19-5-2-10-29(17-19)37(32,33)22-6-3-16-35-22/h3,6-8,16,19H,2,4-5,9-15,17H2,1H3. The summed E-state index contributed by atoms with van der Waals surface area (Å²) in [4.78, 5) is 23.0. The van der Waals surface area contributed by atoms with Crippen molar-refractivity contribution in [3.05, 3.63) is 40.2 Å². The van der Waals surface area contributed by atoms with E-state index in [1.54, 1.807) is 22.4 Å². The quantitative estimate of drug-likeness (QED) is 0.390. The van der Waals surface area contributed by atoms with Gasteiger partial charge in [0.05, 0.1) is 29.3 Å². The van der Waals surface area contributed by atoms with Crippen molar-refractivity contribution in [3.8, 4) is 0 Å². The summed E-state index contributed by atoms with van der Waals surface area (Å²) in [6, 6.07) is 7.16. The van der Waals surface area contributed by atoms with Crippen LogP contribution in [0, 0.1) is 12.8 Å². The van der Waals surface area contributed by atoms with Crippen molar-refractivity contribution >= 4 is 65.6 Å². The van der Waals surface area contributed by atoms with E-state index in [1.807, 2.05) is 19.1 Å². The Balaban J connectivity index is 1.38. The molecule has 0 saturated carbocycles. The number of anilines is 1. The van der Waals surface area contributed by atoms with E-state index >= 15 is 0 Å². The molecular formula is C25H31ClN4O4S3. The predicted molar refractivity (Wildman–Crippen MR) is 149 cm³/mol. The first-order valence-electron chi connectivity index (χ1n) is 12.6. The zero-order chi connectivity index (χ0) is 26.0. The zero-order valence-electron chi connectivity index (χ0n) is 20.8. The number of thiophene rings is 1. The molecule has 1 aromatic carbocycles. The van der Waals surface area contributed by atoms with Crippen LogP contribution in [0.15, 0.2) is 33.9 Å². The third-order valence-electron chi connectivity index (χ3n) is 7.02. The number of hydrogen-bond donors (Lipinski definition) is 0. The maximum atomic E-state index is 14.0. The molecule has 1 amide bonds. The van der Waals surface area contributed by atoms with Gasteiger partial charge in [-0.25, -0.2) is 13.4 Å². The average molecular weight is 583 g/mol. The van der Waals surface area contributed by atoms with Crippen molar-refractivity contribution in [2.24, 2.45) is 5.92 Å². The van der Waals surface area contributed by atoms with Crippen molar-refractivity contribution in [1.82, 2.24) is 14.2 Å². The average Bonchev–Trinajstić information content (AvgIpc) is 3.61. The zero-order valence-corrected chi connectivity index (χ0v) is 24.0. The highest BCUT2D eigenvalue weighted by molar-refractivity contribution is 7.91. The van der Waals surface area contributed by atoms with Crippen molar-refractivity contribution in [2.75, 3.05) is 57.4 Å². The second-order valence-electron chi connectivity index (χ2n) is 9.45. The Morgan fingerprint density at radius 3 is 2.81 bits per heavy atom. The molecule has 0 spiro atoms. The van der Waals surface area contributed by atoms with E-state index in [2.05, 4.69) is 4.90 Å². The van der Waals surface area contributed by atoms with Gasteiger partial charge in [0, 0.05) is 44.3 Å². The number of thiazole rings is 1. The number of rotatable bonds is 8. The Morgan fingerprint density at radius 1 is 1.24 bits per heavy atom. The highest BCUT2D eigenvalue weighted by atomic mass is 35.5. The van der Waals surface area contributed by atoms with Crippen LogP contribution in [0.25, 0.3) is 10.2 Å². The molecule has 0 bridgehead atoms. The molecule has 4 heterocycles. The number of nitrogens with zero attached hydrogens (tertiary/aromatic N) is 4. The molecule has 12 heteroatoms. The predicted octanol–water partition coefficient (Wildman–Crippen LogP) is 4.48. The normalized spacial score (nSPS) is 19.9. The Hall–Kier alpha value is -1.60. The number of piperidine rings is 1. The Labute approximate surface area is 230 Å². The second-order valence-corrected chi connectivity index (χ2v) is 14.0. The minimum absolute atomic E-state index is 0.0594. The number of ether oxygens (including phenoxy) is 1. The lowest BCUT2D eigenvalue weighted by atomic mass is 9.98. The van der Waals surface area contributed by atoms with Gasteiger partial charge in [0.2, 0.25) is 5.91 Å². The molecule has 3 aromatic rings. The van der Waals surface area contributed by atoms with Crippen LogP contribution in [0.5, 0.6) is 0 Å². The lowest BCUT2D eigenvalue weighted by Gasteiger charge is -2.34. The Morgan fingerprint density at radius 2 is 2.05 bits per heavy atom. The lowest BCUT2D eigenvalue weighted by Crippen LogP contribution is -2.47. The number of halogens is 1. The van der Waals surface area contributed by atoms with Crippen LogP contribution in [-0.2, 0) is 19.6 Å². The summed E-state index contributed by atoms with van der Waals surface area (Å²) in [5.41, 5.74) is 1.71. The van der Waals surface area contributed by atoms with Gasteiger partial charge in [0.25, 0.3) is 10.0 Å². The van der Waals surface area contributed by atoms with Crippen LogP contribution < -0.4 is 4.90 Å². The molecule has 2 fully saturated rings. The summed E-state index contributed by atoms with van der Waals surface area (Å²) in [7, 11) is -3.60. The van der Waals surface area contributed by atoms with Gasteiger partial charge in [-0.15, -0.1) is 11.3 Å². The van der Waals surface area contributed by atoms with Gasteiger partial charge >= 0.3 is 0 Å². The largest absolute Gasteiger partial charge is 0.379 e. The fraction of sp³-hybridized carbons (Fsp3) is 0.520. The van der Waals surface area contributed by atoms with Crippen molar-refractivity contribution in [1.29, 1.82) is 0 Å². The number of benzene rings is 1. The van der Waals surface area contributed by atoms with Gasteiger partial charge in [-0.05, 0) is 55.3 Å². The van der Waals surface area contributed by atoms with Gasteiger partial charge in [-0.3, -0.25) is 14.6 Å². The fourth-order valence-electron chi connectivity index (χ4n) is 4.90. The van der Waals surface area contributed by atoms with Gasteiger partial charge < -0.3 is 4.74 Å². The molecule has 2 aliphatic rings. The van der Waals surface area contributed by atoms with E-state index in [0.717, 1.165) is 55.0 Å². The van der Waals surface area contributed by atoms with Crippen LogP contribution in [0.1, 0.15) is 24.8 Å². The molecule has 0 aliphatic carbocycles. The number of morpholine rings is 1. The Kier molecular flexibility index (Phi) is 8.49. The van der Waals surface area contributed by atoms with Crippen molar-refractivity contribution < 1.29 is 17.9 Å². The molecule has 2 aromatic heterocycles. The minimum atomic E-state index is -3.60. The fourth-order valence-corrected chi connectivity index (χ4v) is 8.78. The Bertz CT molecular complexity index is 1340. The molecule has 200 valence electrons. The molecule has 2 saturated heterocycles. The van der Waals surface area contributed by atoms with E-state index < -0.39 is 15.9 Å². The molecule has 0 radical (unpaired) electrons. The highest BCUT2D eigenvalue weighted by Gasteiger charge is 2.36. The molecule has 0 N–H and O–H groups in total. The van der Waals surface area contributed by atoms with Gasteiger partial charge in [-0.1, -0.05) is 29.0 Å². The minimum Gasteiger partial charge on any atom is -0.379 e. The van der Waals surface area contributed by atoms with Crippen molar-refractivity contribution in [2.45, 2.75) is 30.4 Å². The SMILES string of the molecule is Cc1c(Cl)ccc2sc(N(CCCN3CCOCC3)C(=O)C3CCCN(S(=O)(=O)c4cccs4)C3)nc12.